The monoisotopic (exact) mass is 395 g/mol. The Bertz CT molecular complexity index is 1020. The summed E-state index contributed by atoms with van der Waals surface area (Å²) in [5, 5.41) is 9.63. The smallest absolute Gasteiger partial charge is 0.255 e. The van der Waals surface area contributed by atoms with Gasteiger partial charge in [-0.3, -0.25) is 19.1 Å². The summed E-state index contributed by atoms with van der Waals surface area (Å²) in [5.41, 5.74) is 3.24. The van der Waals surface area contributed by atoms with Crippen molar-refractivity contribution < 1.29 is 14.4 Å². The van der Waals surface area contributed by atoms with Crippen molar-refractivity contribution in [2.75, 3.05) is 12.4 Å². The van der Waals surface area contributed by atoms with Crippen LogP contribution in [-0.2, 0) is 18.4 Å². The molecule has 0 saturated heterocycles. The largest absolute Gasteiger partial charge is 0.355 e. The average molecular weight is 395 g/mol. The van der Waals surface area contributed by atoms with Crippen LogP contribution in [0, 0.1) is 5.92 Å². The van der Waals surface area contributed by atoms with Crippen molar-refractivity contribution in [3.8, 4) is 11.3 Å². The van der Waals surface area contributed by atoms with Crippen LogP contribution in [-0.4, -0.2) is 45.5 Å². The summed E-state index contributed by atoms with van der Waals surface area (Å²) in [5.74, 6) is 0.422. The summed E-state index contributed by atoms with van der Waals surface area (Å²) >= 11 is 0. The SMILES string of the molecule is CNC(=O)c1cc(-c2cc(NC(C)=O)nn2C)cc2c1C(=O)N(C(C)C1CC1)C2. The molecule has 2 N–H and O–H groups in total. The van der Waals surface area contributed by atoms with E-state index < -0.39 is 0 Å². The standard InChI is InChI=1S/C21H25N5O3/c1-11(13-5-6-13)26-10-15-7-14(8-16(20(28)22-3)19(15)21(26)29)17-9-18(23-12(2)27)24-25(17)4/h7-9,11,13H,5-6,10H2,1-4H3,(H,22,28)(H,23,24,27). The van der Waals surface area contributed by atoms with Crippen LogP contribution in [0.1, 0.15) is 53.0 Å². The number of carbonyl (C=O) groups is 3. The maximum absolute atomic E-state index is 13.1. The van der Waals surface area contributed by atoms with Crippen LogP contribution in [0.5, 0.6) is 0 Å². The number of anilines is 1. The summed E-state index contributed by atoms with van der Waals surface area (Å²) in [6, 6.07) is 5.61. The fourth-order valence-corrected chi connectivity index (χ4v) is 4.08. The van der Waals surface area contributed by atoms with Crippen molar-refractivity contribution in [3.63, 3.8) is 0 Å². The topological polar surface area (TPSA) is 96.3 Å². The molecule has 3 amide bonds. The minimum absolute atomic E-state index is 0.0755. The van der Waals surface area contributed by atoms with Gasteiger partial charge in [-0.1, -0.05) is 0 Å². The highest BCUT2D eigenvalue weighted by molar-refractivity contribution is 6.10. The van der Waals surface area contributed by atoms with E-state index in [1.165, 1.54) is 6.92 Å². The molecular weight excluding hydrogens is 370 g/mol. The lowest BCUT2D eigenvalue weighted by Crippen LogP contribution is -2.35. The predicted octanol–water partition coefficient (Wildman–Crippen LogP) is 2.16. The molecule has 152 valence electrons. The van der Waals surface area contributed by atoms with Crippen molar-refractivity contribution >= 4 is 23.5 Å². The van der Waals surface area contributed by atoms with Gasteiger partial charge in [0, 0.05) is 45.2 Å². The molecule has 8 nitrogen and oxygen atoms in total. The highest BCUT2D eigenvalue weighted by Crippen LogP contribution is 2.40. The molecule has 1 unspecified atom stereocenters. The number of nitrogens with one attached hydrogen (secondary N) is 2. The first-order chi connectivity index (χ1) is 13.8. The Morgan fingerprint density at radius 2 is 1.97 bits per heavy atom. The van der Waals surface area contributed by atoms with E-state index >= 15 is 0 Å². The van der Waals surface area contributed by atoms with E-state index in [9.17, 15) is 14.4 Å². The number of carbonyl (C=O) groups excluding carboxylic acids is 3. The minimum atomic E-state index is -0.290. The van der Waals surface area contributed by atoms with Crippen LogP contribution in [0.15, 0.2) is 18.2 Å². The first kappa shape index (κ1) is 19.2. The molecule has 4 rings (SSSR count). The Balaban J connectivity index is 1.78. The summed E-state index contributed by atoms with van der Waals surface area (Å²) in [4.78, 5) is 39.0. The molecule has 1 aromatic carbocycles. The second kappa shape index (κ2) is 7.02. The molecule has 0 spiro atoms. The molecule has 0 radical (unpaired) electrons. The summed E-state index contributed by atoms with van der Waals surface area (Å²) in [6.45, 7) is 4.01. The number of benzene rings is 1. The summed E-state index contributed by atoms with van der Waals surface area (Å²) in [7, 11) is 3.34. The highest BCUT2D eigenvalue weighted by atomic mass is 16.2. The fourth-order valence-electron chi connectivity index (χ4n) is 4.08. The first-order valence-electron chi connectivity index (χ1n) is 9.82. The average Bonchev–Trinajstić information content (AvgIpc) is 3.39. The first-order valence-corrected chi connectivity index (χ1v) is 9.82. The molecule has 2 aromatic rings. The van der Waals surface area contributed by atoms with Crippen molar-refractivity contribution in [3.05, 3.63) is 34.9 Å². The molecule has 1 aromatic heterocycles. The normalized spacial score (nSPS) is 16.6. The van der Waals surface area contributed by atoms with Gasteiger partial charge in [0.05, 0.1) is 16.8 Å². The second-order valence-corrected chi connectivity index (χ2v) is 7.87. The van der Waals surface area contributed by atoms with Gasteiger partial charge in [0.25, 0.3) is 11.8 Å². The van der Waals surface area contributed by atoms with Gasteiger partial charge in [-0.15, -0.1) is 0 Å². The van der Waals surface area contributed by atoms with Crippen LogP contribution in [0.2, 0.25) is 0 Å². The number of amides is 3. The number of fused-ring (bicyclic) bond motifs is 1. The van der Waals surface area contributed by atoms with Crippen LogP contribution < -0.4 is 10.6 Å². The molecule has 8 heteroatoms. The van der Waals surface area contributed by atoms with Crippen molar-refractivity contribution in [1.82, 2.24) is 20.0 Å². The molecule has 29 heavy (non-hydrogen) atoms. The lowest BCUT2D eigenvalue weighted by molar-refractivity contribution is -0.114. The molecule has 1 aliphatic carbocycles. The van der Waals surface area contributed by atoms with E-state index in [-0.39, 0.29) is 23.8 Å². The van der Waals surface area contributed by atoms with E-state index in [0.29, 0.717) is 29.4 Å². The molecular formula is C21H25N5O3. The molecule has 1 fully saturated rings. The molecule has 1 aliphatic heterocycles. The maximum atomic E-state index is 13.1. The van der Waals surface area contributed by atoms with E-state index in [0.717, 1.165) is 29.7 Å². The predicted molar refractivity (Wildman–Crippen MR) is 108 cm³/mol. The lowest BCUT2D eigenvalue weighted by atomic mass is 9.97. The molecule has 1 atom stereocenters. The van der Waals surface area contributed by atoms with Gasteiger partial charge in [-0.05, 0) is 43.4 Å². The van der Waals surface area contributed by atoms with Gasteiger partial charge >= 0.3 is 0 Å². The Morgan fingerprint density at radius 1 is 1.24 bits per heavy atom. The lowest BCUT2D eigenvalue weighted by Gasteiger charge is -2.24. The number of aryl methyl sites for hydroxylation is 1. The van der Waals surface area contributed by atoms with Gasteiger partial charge in [0.2, 0.25) is 5.91 Å². The maximum Gasteiger partial charge on any atom is 0.255 e. The third kappa shape index (κ3) is 3.39. The zero-order chi connectivity index (χ0) is 20.9. The molecule has 1 saturated carbocycles. The second-order valence-electron chi connectivity index (χ2n) is 7.87. The van der Waals surface area contributed by atoms with Crippen molar-refractivity contribution in [2.24, 2.45) is 13.0 Å². The van der Waals surface area contributed by atoms with E-state index in [1.54, 1.807) is 30.9 Å². The van der Waals surface area contributed by atoms with Crippen LogP contribution in [0.3, 0.4) is 0 Å². The molecule has 2 heterocycles. The van der Waals surface area contributed by atoms with E-state index in [2.05, 4.69) is 22.7 Å². The quantitative estimate of drug-likeness (QED) is 0.811. The number of hydrogen-bond acceptors (Lipinski definition) is 4. The zero-order valence-corrected chi connectivity index (χ0v) is 17.1. The highest BCUT2D eigenvalue weighted by Gasteiger charge is 2.40. The Kier molecular flexibility index (Phi) is 4.64. The number of rotatable bonds is 5. The van der Waals surface area contributed by atoms with Crippen LogP contribution in [0.4, 0.5) is 5.82 Å². The fraction of sp³-hybridized carbons (Fsp3) is 0.429. The van der Waals surface area contributed by atoms with Crippen molar-refractivity contribution in [1.29, 1.82) is 0 Å². The zero-order valence-electron chi connectivity index (χ0n) is 17.1. The number of aromatic nitrogens is 2. The summed E-state index contributed by atoms with van der Waals surface area (Å²) < 4.78 is 1.65. The van der Waals surface area contributed by atoms with Gasteiger partial charge in [0.1, 0.15) is 0 Å². The van der Waals surface area contributed by atoms with E-state index in [1.807, 2.05) is 11.0 Å². The Hall–Kier alpha value is -3.16. The van der Waals surface area contributed by atoms with Gasteiger partial charge in [-0.25, -0.2) is 0 Å². The van der Waals surface area contributed by atoms with Crippen LogP contribution >= 0.6 is 0 Å². The van der Waals surface area contributed by atoms with E-state index in [4.69, 9.17) is 0 Å². The van der Waals surface area contributed by atoms with Crippen molar-refractivity contribution in [2.45, 2.75) is 39.3 Å². The van der Waals surface area contributed by atoms with Crippen LogP contribution in [0.25, 0.3) is 11.3 Å². The minimum Gasteiger partial charge on any atom is -0.355 e. The van der Waals surface area contributed by atoms with Gasteiger partial charge in [-0.2, -0.15) is 5.10 Å². The number of nitrogens with zero attached hydrogens (tertiary/aromatic N) is 3. The third-order valence-corrected chi connectivity index (χ3v) is 5.78. The number of hydrogen-bond donors (Lipinski definition) is 2. The van der Waals surface area contributed by atoms with Gasteiger partial charge in [0.15, 0.2) is 5.82 Å². The molecule has 0 bridgehead atoms. The summed E-state index contributed by atoms with van der Waals surface area (Å²) in [6.07, 6.45) is 2.30. The van der Waals surface area contributed by atoms with Gasteiger partial charge < -0.3 is 15.5 Å². The Morgan fingerprint density at radius 3 is 2.59 bits per heavy atom. The Labute approximate surface area is 169 Å². The molecule has 2 aliphatic rings. The third-order valence-electron chi connectivity index (χ3n) is 5.78.